The third kappa shape index (κ3) is 4.84. The molecule has 0 rings (SSSR count). The van der Waals surface area contributed by atoms with Crippen molar-refractivity contribution in [3.05, 3.63) is 0 Å². The molecule has 0 aliphatic carbocycles. The number of carbonyl (C=O) groups is 1. The van der Waals surface area contributed by atoms with Crippen LogP contribution in [0.4, 0.5) is 9.18 Å². The lowest BCUT2D eigenvalue weighted by Crippen LogP contribution is -2.37. The molecule has 0 spiro atoms. The summed E-state index contributed by atoms with van der Waals surface area (Å²) in [5.74, 6) is 0. The molecule has 0 heterocycles. The predicted molar refractivity (Wildman–Crippen MR) is 63.2 cm³/mol. The van der Waals surface area contributed by atoms with E-state index in [1.165, 1.54) is 7.05 Å². The van der Waals surface area contributed by atoms with Crippen molar-refractivity contribution in [1.82, 2.24) is 8.61 Å². The smallest absolute Gasteiger partial charge is 0.248 e. The zero-order chi connectivity index (χ0) is 12.0. The molecule has 1 amide bonds. The van der Waals surface area contributed by atoms with Crippen molar-refractivity contribution >= 4 is 18.3 Å². The van der Waals surface area contributed by atoms with Crippen molar-refractivity contribution in [2.45, 2.75) is 52.6 Å². The highest BCUT2D eigenvalue weighted by molar-refractivity contribution is 7.95. The molecule has 0 aromatic carbocycles. The predicted octanol–water partition coefficient (Wildman–Crippen LogP) is 3.47. The van der Waals surface area contributed by atoms with Gasteiger partial charge in [0, 0.05) is 31.3 Å². The SMILES string of the molecule is CCC(C)N(SN(C)C(=O)F)C(C)CC. The molecule has 90 valence electrons. The van der Waals surface area contributed by atoms with E-state index in [1.807, 2.05) is 0 Å². The fourth-order valence-electron chi connectivity index (χ4n) is 1.13. The van der Waals surface area contributed by atoms with Gasteiger partial charge in [-0.2, -0.15) is 0 Å². The molecule has 0 aliphatic heterocycles. The Morgan fingerprint density at radius 1 is 1.27 bits per heavy atom. The summed E-state index contributed by atoms with van der Waals surface area (Å²) >= 11 is 1.16. The molecule has 0 fully saturated rings. The number of nitrogens with zero attached hydrogens (tertiary/aromatic N) is 2. The second-order valence-corrected chi connectivity index (χ2v) is 4.84. The Hall–Kier alpha value is -0.290. The number of hydrogen-bond donors (Lipinski definition) is 0. The average molecular weight is 236 g/mol. The van der Waals surface area contributed by atoms with Crippen molar-refractivity contribution in [3.63, 3.8) is 0 Å². The molecule has 0 aromatic heterocycles. The van der Waals surface area contributed by atoms with Gasteiger partial charge in [0.05, 0.1) is 0 Å². The van der Waals surface area contributed by atoms with Crippen LogP contribution in [0.25, 0.3) is 0 Å². The Morgan fingerprint density at radius 3 is 1.93 bits per heavy atom. The van der Waals surface area contributed by atoms with Gasteiger partial charge in [-0.25, -0.2) is 13.4 Å². The van der Waals surface area contributed by atoms with E-state index in [-0.39, 0.29) is 0 Å². The molecule has 15 heavy (non-hydrogen) atoms. The topological polar surface area (TPSA) is 23.6 Å². The first-order valence-corrected chi connectivity index (χ1v) is 6.06. The zero-order valence-electron chi connectivity index (χ0n) is 10.2. The highest BCUT2D eigenvalue weighted by atomic mass is 32.2. The maximum atomic E-state index is 12.4. The number of halogens is 1. The minimum absolute atomic E-state index is 0.326. The first-order chi connectivity index (χ1) is 6.93. The molecule has 0 N–H and O–H groups in total. The van der Waals surface area contributed by atoms with Gasteiger partial charge in [0.25, 0.3) is 0 Å². The lowest BCUT2D eigenvalue weighted by atomic mass is 10.2. The van der Waals surface area contributed by atoms with Gasteiger partial charge in [-0.1, -0.05) is 13.8 Å². The summed E-state index contributed by atoms with van der Waals surface area (Å²) in [4.78, 5) is 10.5. The van der Waals surface area contributed by atoms with E-state index in [2.05, 4.69) is 32.0 Å². The van der Waals surface area contributed by atoms with E-state index in [9.17, 15) is 9.18 Å². The highest BCUT2D eigenvalue weighted by Crippen LogP contribution is 2.24. The second kappa shape index (κ2) is 7.06. The first kappa shape index (κ1) is 14.7. The van der Waals surface area contributed by atoms with Crippen LogP contribution in [0.3, 0.4) is 0 Å². The van der Waals surface area contributed by atoms with Crippen LogP contribution in [-0.4, -0.2) is 33.9 Å². The van der Waals surface area contributed by atoms with E-state index in [4.69, 9.17) is 0 Å². The maximum absolute atomic E-state index is 12.4. The summed E-state index contributed by atoms with van der Waals surface area (Å²) in [5, 5.41) is 0. The van der Waals surface area contributed by atoms with Gasteiger partial charge < -0.3 is 0 Å². The Balaban J connectivity index is 4.43. The van der Waals surface area contributed by atoms with E-state index in [0.717, 1.165) is 29.3 Å². The monoisotopic (exact) mass is 236 g/mol. The van der Waals surface area contributed by atoms with E-state index in [0.29, 0.717) is 12.1 Å². The summed E-state index contributed by atoms with van der Waals surface area (Å²) in [6, 6.07) is 0.651. The fraction of sp³-hybridized carbons (Fsp3) is 0.900. The van der Waals surface area contributed by atoms with E-state index >= 15 is 0 Å². The van der Waals surface area contributed by atoms with Crippen molar-refractivity contribution in [3.8, 4) is 0 Å². The Labute approximate surface area is 96.3 Å². The zero-order valence-corrected chi connectivity index (χ0v) is 11.0. The lowest BCUT2D eigenvalue weighted by Gasteiger charge is -2.33. The quantitative estimate of drug-likeness (QED) is 0.401. The summed E-state index contributed by atoms with van der Waals surface area (Å²) in [5.41, 5.74) is 0. The van der Waals surface area contributed by atoms with Gasteiger partial charge in [0.1, 0.15) is 0 Å². The van der Waals surface area contributed by atoms with Gasteiger partial charge in [-0.3, -0.25) is 0 Å². The van der Waals surface area contributed by atoms with Gasteiger partial charge in [-0.15, -0.1) is 4.39 Å². The molecule has 0 saturated carbocycles. The van der Waals surface area contributed by atoms with Crippen molar-refractivity contribution in [2.24, 2.45) is 0 Å². The Kier molecular flexibility index (Phi) is 6.92. The molecular weight excluding hydrogens is 215 g/mol. The van der Waals surface area contributed by atoms with Crippen LogP contribution in [0, 0.1) is 0 Å². The molecule has 0 bridgehead atoms. The Bertz CT molecular complexity index is 194. The van der Waals surface area contributed by atoms with Gasteiger partial charge in [0.15, 0.2) is 0 Å². The minimum atomic E-state index is -1.41. The molecule has 0 saturated heterocycles. The van der Waals surface area contributed by atoms with Crippen LogP contribution in [-0.2, 0) is 0 Å². The molecule has 0 aliphatic rings. The molecule has 0 radical (unpaired) electrons. The standard InChI is InChI=1S/C10H21FN2OS/c1-6-8(3)13(9(4)7-2)15-12(5)10(11)14/h8-9H,6-7H2,1-5H3. The molecule has 2 atom stereocenters. The van der Waals surface area contributed by atoms with Crippen LogP contribution < -0.4 is 0 Å². The summed E-state index contributed by atoms with van der Waals surface area (Å²) in [6.45, 7) is 8.32. The molecule has 2 unspecified atom stereocenters. The fourth-order valence-corrected chi connectivity index (χ4v) is 2.10. The average Bonchev–Trinajstić information content (AvgIpc) is 2.23. The van der Waals surface area contributed by atoms with Gasteiger partial charge in [0.2, 0.25) is 0 Å². The number of amides is 1. The highest BCUT2D eigenvalue weighted by Gasteiger charge is 2.22. The van der Waals surface area contributed by atoms with Gasteiger partial charge in [-0.05, 0) is 26.7 Å². The first-order valence-electron chi connectivity index (χ1n) is 5.33. The molecule has 0 aromatic rings. The van der Waals surface area contributed by atoms with Crippen molar-refractivity contribution in [2.75, 3.05) is 7.05 Å². The Morgan fingerprint density at radius 2 is 1.67 bits per heavy atom. The van der Waals surface area contributed by atoms with E-state index in [1.54, 1.807) is 0 Å². The lowest BCUT2D eigenvalue weighted by molar-refractivity contribution is 0.206. The third-order valence-electron chi connectivity index (χ3n) is 2.51. The van der Waals surface area contributed by atoms with Crippen LogP contribution in [0.5, 0.6) is 0 Å². The second-order valence-electron chi connectivity index (χ2n) is 3.71. The van der Waals surface area contributed by atoms with Crippen LogP contribution in [0.15, 0.2) is 0 Å². The maximum Gasteiger partial charge on any atom is 0.410 e. The number of carbonyl (C=O) groups excluding carboxylic acids is 1. The normalized spacial score (nSPS) is 15.1. The van der Waals surface area contributed by atoms with E-state index < -0.39 is 6.16 Å². The van der Waals surface area contributed by atoms with Crippen LogP contribution >= 0.6 is 12.1 Å². The molecular formula is C10H21FN2OS. The third-order valence-corrected chi connectivity index (χ3v) is 3.81. The number of hydrogen-bond acceptors (Lipinski definition) is 3. The van der Waals surface area contributed by atoms with Crippen LogP contribution in [0.1, 0.15) is 40.5 Å². The van der Waals surface area contributed by atoms with Crippen LogP contribution in [0.2, 0.25) is 0 Å². The van der Waals surface area contributed by atoms with Crippen molar-refractivity contribution < 1.29 is 9.18 Å². The molecule has 5 heteroatoms. The van der Waals surface area contributed by atoms with Crippen molar-refractivity contribution in [1.29, 1.82) is 0 Å². The summed E-state index contributed by atoms with van der Waals surface area (Å²) in [6.07, 6.45) is 0.550. The summed E-state index contributed by atoms with van der Waals surface area (Å²) in [7, 11) is 1.45. The summed E-state index contributed by atoms with van der Waals surface area (Å²) < 4.78 is 15.5. The minimum Gasteiger partial charge on any atom is -0.248 e. The molecule has 3 nitrogen and oxygen atoms in total. The van der Waals surface area contributed by atoms with Gasteiger partial charge >= 0.3 is 6.16 Å². The number of rotatable bonds is 6. The largest absolute Gasteiger partial charge is 0.410 e.